The maximum absolute atomic E-state index is 12.7. The lowest BCUT2D eigenvalue weighted by Gasteiger charge is -2.07. The zero-order valence-corrected chi connectivity index (χ0v) is 12.9. The van der Waals surface area contributed by atoms with Gasteiger partial charge in [0.15, 0.2) is 0 Å². The zero-order valence-electron chi connectivity index (χ0n) is 12.9. The summed E-state index contributed by atoms with van der Waals surface area (Å²) in [4.78, 5) is 22.7. The second kappa shape index (κ2) is 10.6. The molecule has 0 heterocycles. The third-order valence-corrected chi connectivity index (χ3v) is 3.00. The van der Waals surface area contributed by atoms with Gasteiger partial charge in [-0.1, -0.05) is 12.8 Å². The van der Waals surface area contributed by atoms with Crippen LogP contribution in [0.25, 0.3) is 0 Å². The number of urea groups is 1. The Hall–Kier alpha value is -2.11. The largest absolute Gasteiger partial charge is 0.466 e. The molecule has 0 unspecified atom stereocenters. The van der Waals surface area contributed by atoms with Gasteiger partial charge in [-0.05, 0) is 44.0 Å². The Balaban J connectivity index is 2.01. The molecule has 0 bridgehead atoms. The minimum atomic E-state index is -0.339. The fourth-order valence-electron chi connectivity index (χ4n) is 1.89. The molecule has 0 aliphatic heterocycles. The van der Waals surface area contributed by atoms with Gasteiger partial charge in [0.2, 0.25) is 0 Å². The number of hydrogen-bond acceptors (Lipinski definition) is 3. The highest BCUT2D eigenvalue weighted by atomic mass is 19.1. The molecule has 6 heteroatoms. The molecule has 22 heavy (non-hydrogen) atoms. The van der Waals surface area contributed by atoms with Crippen LogP contribution in [-0.4, -0.2) is 25.2 Å². The van der Waals surface area contributed by atoms with Crippen molar-refractivity contribution in [3.63, 3.8) is 0 Å². The van der Waals surface area contributed by atoms with Crippen molar-refractivity contribution in [2.75, 3.05) is 18.5 Å². The van der Waals surface area contributed by atoms with E-state index >= 15 is 0 Å². The first-order valence-electron chi connectivity index (χ1n) is 7.58. The van der Waals surface area contributed by atoms with Crippen LogP contribution >= 0.6 is 0 Å². The van der Waals surface area contributed by atoms with Gasteiger partial charge < -0.3 is 15.4 Å². The van der Waals surface area contributed by atoms with Crippen LogP contribution in [-0.2, 0) is 9.53 Å². The predicted molar refractivity (Wildman–Crippen MR) is 83.1 cm³/mol. The molecule has 0 fully saturated rings. The standard InChI is InChI=1S/C16H23FN2O3/c1-2-22-15(20)7-5-3-4-6-12-18-16(21)19-14-10-8-13(17)9-11-14/h8-11H,2-7,12H2,1H3,(H2,18,19,21). The van der Waals surface area contributed by atoms with E-state index in [0.717, 1.165) is 25.7 Å². The number of esters is 1. The van der Waals surface area contributed by atoms with Crippen molar-refractivity contribution in [1.29, 1.82) is 0 Å². The van der Waals surface area contributed by atoms with Crippen molar-refractivity contribution in [3.8, 4) is 0 Å². The van der Waals surface area contributed by atoms with Crippen molar-refractivity contribution >= 4 is 17.7 Å². The highest BCUT2D eigenvalue weighted by Crippen LogP contribution is 2.08. The van der Waals surface area contributed by atoms with Crippen LogP contribution < -0.4 is 10.6 Å². The highest BCUT2D eigenvalue weighted by molar-refractivity contribution is 5.89. The number of carbonyl (C=O) groups is 2. The molecule has 0 spiro atoms. The third kappa shape index (κ3) is 8.24. The second-order valence-electron chi connectivity index (χ2n) is 4.86. The van der Waals surface area contributed by atoms with Crippen molar-refractivity contribution < 1.29 is 18.7 Å². The van der Waals surface area contributed by atoms with E-state index in [9.17, 15) is 14.0 Å². The molecular formula is C16H23FN2O3. The molecule has 0 aliphatic carbocycles. The molecule has 2 amide bonds. The minimum Gasteiger partial charge on any atom is -0.466 e. The summed E-state index contributed by atoms with van der Waals surface area (Å²) in [7, 11) is 0. The van der Waals surface area contributed by atoms with Gasteiger partial charge in [-0.25, -0.2) is 9.18 Å². The van der Waals surface area contributed by atoms with Gasteiger partial charge in [0.05, 0.1) is 6.61 Å². The summed E-state index contributed by atoms with van der Waals surface area (Å²) in [5.41, 5.74) is 0.549. The monoisotopic (exact) mass is 310 g/mol. The Bertz CT molecular complexity index is 463. The fraction of sp³-hybridized carbons (Fsp3) is 0.500. The number of nitrogens with one attached hydrogen (secondary N) is 2. The van der Waals surface area contributed by atoms with Gasteiger partial charge >= 0.3 is 12.0 Å². The Morgan fingerprint density at radius 2 is 1.77 bits per heavy atom. The molecule has 122 valence electrons. The lowest BCUT2D eigenvalue weighted by Crippen LogP contribution is -2.29. The summed E-state index contributed by atoms with van der Waals surface area (Å²) in [5.74, 6) is -0.493. The number of benzene rings is 1. The number of halogens is 1. The summed E-state index contributed by atoms with van der Waals surface area (Å²) in [6.07, 6.45) is 3.98. The first-order chi connectivity index (χ1) is 10.6. The molecule has 1 aromatic carbocycles. The van der Waals surface area contributed by atoms with Gasteiger partial charge in [-0.3, -0.25) is 4.79 Å². The first-order valence-corrected chi connectivity index (χ1v) is 7.58. The maximum Gasteiger partial charge on any atom is 0.319 e. The SMILES string of the molecule is CCOC(=O)CCCCCCNC(=O)Nc1ccc(F)cc1. The van der Waals surface area contributed by atoms with E-state index in [2.05, 4.69) is 10.6 Å². The normalized spacial score (nSPS) is 10.1. The molecule has 0 aliphatic rings. The van der Waals surface area contributed by atoms with Gasteiger partial charge in [-0.2, -0.15) is 0 Å². The second-order valence-corrected chi connectivity index (χ2v) is 4.86. The van der Waals surface area contributed by atoms with E-state index in [0.29, 0.717) is 25.3 Å². The number of carbonyl (C=O) groups excluding carboxylic acids is 2. The Labute approximate surface area is 130 Å². The Morgan fingerprint density at radius 3 is 2.45 bits per heavy atom. The van der Waals surface area contributed by atoms with E-state index in [1.165, 1.54) is 24.3 Å². The van der Waals surface area contributed by atoms with Crippen LogP contribution in [0.4, 0.5) is 14.9 Å². The van der Waals surface area contributed by atoms with Crippen LogP contribution in [0.5, 0.6) is 0 Å². The van der Waals surface area contributed by atoms with E-state index < -0.39 is 0 Å². The first kappa shape index (κ1) is 17.9. The lowest BCUT2D eigenvalue weighted by atomic mass is 10.1. The molecular weight excluding hydrogens is 287 g/mol. The van der Waals surface area contributed by atoms with Crippen LogP contribution in [0.1, 0.15) is 39.0 Å². The molecule has 0 saturated heterocycles. The molecule has 2 N–H and O–H groups in total. The smallest absolute Gasteiger partial charge is 0.319 e. The molecule has 0 aromatic heterocycles. The van der Waals surface area contributed by atoms with Crippen LogP contribution in [0.2, 0.25) is 0 Å². The van der Waals surface area contributed by atoms with E-state index in [1.807, 2.05) is 0 Å². The van der Waals surface area contributed by atoms with E-state index in [-0.39, 0.29) is 17.8 Å². The molecule has 1 rings (SSSR count). The summed E-state index contributed by atoms with van der Waals surface area (Å²) in [6, 6.07) is 5.28. The molecule has 5 nitrogen and oxygen atoms in total. The average Bonchev–Trinajstić information content (AvgIpc) is 2.49. The average molecular weight is 310 g/mol. The van der Waals surface area contributed by atoms with Crippen LogP contribution in [0.3, 0.4) is 0 Å². The van der Waals surface area contributed by atoms with Gasteiger partial charge in [0.1, 0.15) is 5.82 Å². The van der Waals surface area contributed by atoms with Crippen LogP contribution in [0, 0.1) is 5.82 Å². The fourth-order valence-corrected chi connectivity index (χ4v) is 1.89. The number of ether oxygens (including phenoxy) is 1. The van der Waals surface area contributed by atoms with Crippen molar-refractivity contribution in [1.82, 2.24) is 5.32 Å². The van der Waals surface area contributed by atoms with Gasteiger partial charge in [0.25, 0.3) is 0 Å². The summed E-state index contributed by atoms with van der Waals surface area (Å²) in [6.45, 7) is 2.78. The van der Waals surface area contributed by atoms with Gasteiger partial charge in [-0.15, -0.1) is 0 Å². The topological polar surface area (TPSA) is 67.4 Å². The quantitative estimate of drug-likeness (QED) is 0.542. The Morgan fingerprint density at radius 1 is 1.09 bits per heavy atom. The number of anilines is 1. The van der Waals surface area contributed by atoms with E-state index in [4.69, 9.17) is 4.74 Å². The lowest BCUT2D eigenvalue weighted by molar-refractivity contribution is -0.143. The van der Waals surface area contributed by atoms with Gasteiger partial charge in [0, 0.05) is 18.7 Å². The third-order valence-electron chi connectivity index (χ3n) is 3.00. The van der Waals surface area contributed by atoms with Crippen molar-refractivity contribution in [3.05, 3.63) is 30.1 Å². The number of amides is 2. The van der Waals surface area contributed by atoms with Crippen molar-refractivity contribution in [2.24, 2.45) is 0 Å². The predicted octanol–water partition coefficient (Wildman–Crippen LogP) is 3.46. The Kier molecular flexibility index (Phi) is 8.64. The molecule has 0 saturated carbocycles. The summed E-state index contributed by atoms with van der Waals surface area (Å²) >= 11 is 0. The number of hydrogen-bond donors (Lipinski definition) is 2. The number of unbranched alkanes of at least 4 members (excludes halogenated alkanes) is 3. The maximum atomic E-state index is 12.7. The van der Waals surface area contributed by atoms with Crippen molar-refractivity contribution in [2.45, 2.75) is 39.0 Å². The van der Waals surface area contributed by atoms with E-state index in [1.54, 1.807) is 6.92 Å². The molecule has 0 radical (unpaired) electrons. The highest BCUT2D eigenvalue weighted by Gasteiger charge is 2.02. The molecule has 1 aromatic rings. The zero-order chi connectivity index (χ0) is 16.2. The summed E-state index contributed by atoms with van der Waals surface area (Å²) in [5, 5.41) is 5.35. The molecule has 0 atom stereocenters. The minimum absolute atomic E-state index is 0.153. The van der Waals surface area contributed by atoms with Crippen LogP contribution in [0.15, 0.2) is 24.3 Å². The number of rotatable bonds is 9. The summed E-state index contributed by atoms with van der Waals surface area (Å²) < 4.78 is 17.5.